The second-order valence-electron chi connectivity index (χ2n) is 10.5. The molecule has 1 saturated heterocycles. The minimum absolute atomic E-state index is 0.0148. The number of nitrogens with one attached hydrogen (secondary N) is 1. The maximum Gasteiger partial charge on any atom is 0.262 e. The fourth-order valence-corrected chi connectivity index (χ4v) is 7.74. The number of aromatic nitrogens is 3. The average molecular weight is 500 g/mol. The molecule has 2 aromatic heterocycles. The molecule has 188 valence electrons. The molecule has 0 amide bonds. The number of aliphatic hydroxyl groups is 1. The summed E-state index contributed by atoms with van der Waals surface area (Å²) in [7, 11) is -0.517. The Morgan fingerprint density at radius 3 is 2.66 bits per heavy atom. The molecule has 2 aliphatic heterocycles. The fraction of sp³-hybridized carbons (Fsp3) is 0.560. The monoisotopic (exact) mass is 499 g/mol. The Hall–Kier alpha value is -2.40. The van der Waals surface area contributed by atoms with Crippen LogP contribution in [0.25, 0.3) is 10.9 Å². The summed E-state index contributed by atoms with van der Waals surface area (Å²) in [6, 6.07) is 5.28. The van der Waals surface area contributed by atoms with Crippen molar-refractivity contribution < 1.29 is 18.3 Å². The smallest absolute Gasteiger partial charge is 0.262 e. The van der Waals surface area contributed by atoms with Crippen molar-refractivity contribution in [2.75, 3.05) is 39.9 Å². The van der Waals surface area contributed by atoms with E-state index < -0.39 is 16.1 Å². The minimum atomic E-state index is -3.91. The number of aromatic amines is 1. The van der Waals surface area contributed by atoms with Crippen molar-refractivity contribution in [3.8, 4) is 5.75 Å². The van der Waals surface area contributed by atoms with E-state index in [1.807, 2.05) is 12.1 Å². The molecule has 1 spiro atoms. The van der Waals surface area contributed by atoms with Gasteiger partial charge in [-0.25, -0.2) is 13.4 Å². The van der Waals surface area contributed by atoms with Crippen molar-refractivity contribution in [1.29, 1.82) is 0 Å². The molecule has 6 rings (SSSR count). The number of fused-ring (bicyclic) bond motifs is 4. The van der Waals surface area contributed by atoms with Crippen molar-refractivity contribution in [3.05, 3.63) is 42.0 Å². The molecule has 0 bridgehead atoms. The fourth-order valence-electron chi connectivity index (χ4n) is 6.09. The molecule has 2 fully saturated rings. The predicted molar refractivity (Wildman–Crippen MR) is 132 cm³/mol. The Balaban J connectivity index is 1.47. The van der Waals surface area contributed by atoms with E-state index in [1.54, 1.807) is 18.7 Å². The van der Waals surface area contributed by atoms with Gasteiger partial charge in [0.05, 0.1) is 26.1 Å². The van der Waals surface area contributed by atoms with Crippen LogP contribution in [-0.2, 0) is 22.5 Å². The van der Waals surface area contributed by atoms with Gasteiger partial charge in [-0.05, 0) is 62.4 Å². The SMILES string of the molecule is COc1ccc2c3c([nH]c2c1)[C@H](CO)N(S(=O)(=O)c1cn(C)cn1)CC31CCN(CC2CC2)CC1. The lowest BCUT2D eigenvalue weighted by Gasteiger charge is -2.49. The lowest BCUT2D eigenvalue weighted by molar-refractivity contribution is 0.0940. The molecule has 10 heteroatoms. The van der Waals surface area contributed by atoms with Crippen LogP contribution in [0.5, 0.6) is 5.75 Å². The third-order valence-corrected chi connectivity index (χ3v) is 9.90. The summed E-state index contributed by atoms with van der Waals surface area (Å²) < 4.78 is 36.2. The number of imidazole rings is 1. The van der Waals surface area contributed by atoms with Crippen molar-refractivity contribution >= 4 is 20.9 Å². The van der Waals surface area contributed by atoms with Gasteiger partial charge in [-0.15, -0.1) is 0 Å². The molecular formula is C25H33N5O4S. The van der Waals surface area contributed by atoms with E-state index in [0.717, 1.165) is 66.3 Å². The van der Waals surface area contributed by atoms with Crippen molar-refractivity contribution in [1.82, 2.24) is 23.7 Å². The molecule has 0 unspecified atom stereocenters. The highest BCUT2D eigenvalue weighted by Crippen LogP contribution is 2.50. The first kappa shape index (κ1) is 23.0. The number of hydrogen-bond acceptors (Lipinski definition) is 6. The molecule has 9 nitrogen and oxygen atoms in total. The van der Waals surface area contributed by atoms with Gasteiger partial charge in [0.15, 0.2) is 5.03 Å². The number of aryl methyl sites for hydroxylation is 1. The van der Waals surface area contributed by atoms with Crippen LogP contribution < -0.4 is 4.74 Å². The Bertz CT molecular complexity index is 1350. The Kier molecular flexibility index (Phi) is 5.48. The first-order valence-electron chi connectivity index (χ1n) is 12.4. The van der Waals surface area contributed by atoms with Crippen LogP contribution in [0.3, 0.4) is 0 Å². The van der Waals surface area contributed by atoms with Crippen LogP contribution in [0.1, 0.15) is 43.0 Å². The average Bonchev–Trinajstić information content (AvgIpc) is 3.41. The summed E-state index contributed by atoms with van der Waals surface area (Å²) in [5, 5.41) is 11.6. The number of benzene rings is 1. The molecule has 0 radical (unpaired) electrons. The van der Waals surface area contributed by atoms with E-state index in [0.29, 0.717) is 6.54 Å². The number of hydrogen-bond donors (Lipinski definition) is 2. The van der Waals surface area contributed by atoms with E-state index in [4.69, 9.17) is 4.74 Å². The van der Waals surface area contributed by atoms with Crippen LogP contribution in [0.4, 0.5) is 0 Å². The molecular weight excluding hydrogens is 466 g/mol. The summed E-state index contributed by atoms with van der Waals surface area (Å²) in [6.07, 6.45) is 7.42. The lowest BCUT2D eigenvalue weighted by atomic mass is 9.69. The van der Waals surface area contributed by atoms with Gasteiger partial charge < -0.3 is 24.3 Å². The highest BCUT2D eigenvalue weighted by Gasteiger charge is 2.51. The third kappa shape index (κ3) is 3.78. The summed E-state index contributed by atoms with van der Waals surface area (Å²) >= 11 is 0. The van der Waals surface area contributed by atoms with Crippen LogP contribution in [-0.4, -0.2) is 77.2 Å². The Labute approximate surface area is 205 Å². The highest BCUT2D eigenvalue weighted by atomic mass is 32.2. The number of rotatable bonds is 6. The molecule has 2 N–H and O–H groups in total. The maximum atomic E-state index is 13.8. The van der Waals surface area contributed by atoms with Gasteiger partial charge in [-0.3, -0.25) is 0 Å². The number of sulfonamides is 1. The second kappa shape index (κ2) is 8.33. The van der Waals surface area contributed by atoms with Crippen molar-refractivity contribution in [2.45, 2.75) is 42.2 Å². The van der Waals surface area contributed by atoms with Gasteiger partial charge in [0.2, 0.25) is 0 Å². The summed E-state index contributed by atoms with van der Waals surface area (Å²) in [4.78, 5) is 10.2. The van der Waals surface area contributed by atoms with E-state index in [2.05, 4.69) is 20.9 Å². The topological polar surface area (TPSA) is 104 Å². The van der Waals surface area contributed by atoms with Gasteiger partial charge in [0.25, 0.3) is 10.0 Å². The van der Waals surface area contributed by atoms with Crippen LogP contribution in [0, 0.1) is 5.92 Å². The quantitative estimate of drug-likeness (QED) is 0.540. The largest absolute Gasteiger partial charge is 0.497 e. The van der Waals surface area contributed by atoms with Gasteiger partial charge in [-0.2, -0.15) is 4.31 Å². The summed E-state index contributed by atoms with van der Waals surface area (Å²) in [6.45, 7) is 3.05. The zero-order valence-corrected chi connectivity index (χ0v) is 21.1. The first-order chi connectivity index (χ1) is 16.8. The number of methoxy groups -OCH3 is 1. The van der Waals surface area contributed by atoms with Crippen molar-refractivity contribution in [2.24, 2.45) is 13.0 Å². The second-order valence-corrected chi connectivity index (χ2v) is 12.3. The number of nitrogens with zero attached hydrogens (tertiary/aromatic N) is 4. The molecule has 1 aliphatic carbocycles. The standard InChI is InChI=1S/C25H33N5O4S/c1-28-13-22(26-16-28)35(32,33)30-15-25(7-9-29(10-8-25)12-17-3-4-17)23-19-6-5-18(34-2)11-20(19)27-24(23)21(30)14-31/h5-6,11,13,16-17,21,27,31H,3-4,7-10,12,14-15H2,1-2H3/t21-/m0/s1. The van der Waals surface area contributed by atoms with E-state index >= 15 is 0 Å². The van der Waals surface area contributed by atoms with Crippen molar-refractivity contribution in [3.63, 3.8) is 0 Å². The zero-order valence-electron chi connectivity index (χ0n) is 20.3. The molecule has 1 atom stereocenters. The van der Waals surface area contributed by atoms with Crippen LogP contribution in [0.15, 0.2) is 35.7 Å². The number of aliphatic hydroxyl groups excluding tert-OH is 1. The molecule has 1 aromatic carbocycles. The number of ether oxygens (including phenoxy) is 1. The molecule has 1 saturated carbocycles. The van der Waals surface area contributed by atoms with Gasteiger partial charge >= 0.3 is 0 Å². The normalized spacial score (nSPS) is 23.1. The van der Waals surface area contributed by atoms with E-state index in [9.17, 15) is 13.5 Å². The van der Waals surface area contributed by atoms with Crippen LogP contribution in [0.2, 0.25) is 0 Å². The van der Waals surface area contributed by atoms with Crippen LogP contribution >= 0.6 is 0 Å². The highest BCUT2D eigenvalue weighted by molar-refractivity contribution is 7.89. The first-order valence-corrected chi connectivity index (χ1v) is 13.8. The molecule has 3 aliphatic rings. The summed E-state index contributed by atoms with van der Waals surface area (Å²) in [5.74, 6) is 1.56. The Morgan fingerprint density at radius 2 is 2.03 bits per heavy atom. The lowest BCUT2D eigenvalue weighted by Crippen LogP contribution is -2.55. The summed E-state index contributed by atoms with van der Waals surface area (Å²) in [5.41, 5.74) is 2.52. The van der Waals surface area contributed by atoms with E-state index in [-0.39, 0.29) is 17.0 Å². The number of piperidine rings is 1. The maximum absolute atomic E-state index is 13.8. The van der Waals surface area contributed by atoms with E-state index in [1.165, 1.54) is 29.7 Å². The van der Waals surface area contributed by atoms with Gasteiger partial charge in [-0.1, -0.05) is 0 Å². The predicted octanol–water partition coefficient (Wildman–Crippen LogP) is 2.39. The third-order valence-electron chi connectivity index (χ3n) is 8.16. The molecule has 3 aromatic rings. The minimum Gasteiger partial charge on any atom is -0.497 e. The zero-order chi connectivity index (χ0) is 24.4. The number of H-pyrrole nitrogens is 1. The van der Waals surface area contributed by atoms with Gasteiger partial charge in [0, 0.05) is 54.4 Å². The molecule has 35 heavy (non-hydrogen) atoms. The molecule has 4 heterocycles. The number of likely N-dealkylation sites (tertiary alicyclic amines) is 1. The van der Waals surface area contributed by atoms with Gasteiger partial charge in [0.1, 0.15) is 5.75 Å². The Morgan fingerprint density at radius 1 is 1.26 bits per heavy atom.